The van der Waals surface area contributed by atoms with E-state index < -0.39 is 0 Å². The molecule has 0 spiro atoms. The van der Waals surface area contributed by atoms with E-state index in [1.807, 2.05) is 0 Å². The van der Waals surface area contributed by atoms with Gasteiger partial charge in [-0.2, -0.15) is 0 Å². The molecule has 2 aromatic carbocycles. The summed E-state index contributed by atoms with van der Waals surface area (Å²) in [6.07, 6.45) is 6.33. The summed E-state index contributed by atoms with van der Waals surface area (Å²) in [5.41, 5.74) is 4.63. The Balaban J connectivity index is 1.59. The van der Waals surface area contributed by atoms with Gasteiger partial charge in [-0.05, 0) is 44.0 Å². The van der Waals surface area contributed by atoms with E-state index in [2.05, 4.69) is 83.2 Å². The SMILES string of the molecule is Cc1cc(NCC2(Nc3ccccc3)CCCCC2)c2ccccc2n1. The normalized spacial score (nSPS) is 16.3. The average molecular weight is 345 g/mol. The van der Waals surface area contributed by atoms with Crippen molar-refractivity contribution in [1.29, 1.82) is 0 Å². The third kappa shape index (κ3) is 3.67. The summed E-state index contributed by atoms with van der Waals surface area (Å²) in [5.74, 6) is 0. The second-order valence-electron chi connectivity index (χ2n) is 7.51. The lowest BCUT2D eigenvalue weighted by molar-refractivity contribution is 0.338. The number of nitrogens with zero attached hydrogens (tertiary/aromatic N) is 1. The first-order valence-corrected chi connectivity index (χ1v) is 9.68. The number of aromatic nitrogens is 1. The zero-order valence-corrected chi connectivity index (χ0v) is 15.5. The molecule has 1 aromatic heterocycles. The van der Waals surface area contributed by atoms with E-state index >= 15 is 0 Å². The lowest BCUT2D eigenvalue weighted by Crippen LogP contribution is -2.46. The maximum Gasteiger partial charge on any atom is 0.0725 e. The largest absolute Gasteiger partial charge is 0.382 e. The summed E-state index contributed by atoms with van der Waals surface area (Å²) < 4.78 is 0. The van der Waals surface area contributed by atoms with Crippen LogP contribution < -0.4 is 10.6 Å². The molecule has 2 N–H and O–H groups in total. The Bertz CT molecular complexity index is 867. The van der Waals surface area contributed by atoms with Crippen molar-refractivity contribution in [2.75, 3.05) is 17.2 Å². The van der Waals surface area contributed by atoms with Crippen molar-refractivity contribution in [1.82, 2.24) is 4.98 Å². The zero-order chi connectivity index (χ0) is 17.8. The fourth-order valence-electron chi connectivity index (χ4n) is 4.12. The van der Waals surface area contributed by atoms with Crippen molar-refractivity contribution in [3.8, 4) is 0 Å². The Hall–Kier alpha value is -2.55. The van der Waals surface area contributed by atoms with Crippen LogP contribution in [-0.2, 0) is 0 Å². The van der Waals surface area contributed by atoms with Crippen LogP contribution in [0.25, 0.3) is 10.9 Å². The standard InChI is InChI=1S/C23H27N3/c1-18-16-22(20-12-6-7-13-21(20)25-18)24-17-23(14-8-3-9-15-23)26-19-10-4-2-5-11-19/h2,4-7,10-13,16,26H,3,8-9,14-15,17H2,1H3,(H,24,25). The van der Waals surface area contributed by atoms with Gasteiger partial charge in [0.05, 0.1) is 11.1 Å². The molecule has 0 unspecified atom stereocenters. The molecule has 0 aliphatic heterocycles. The van der Waals surface area contributed by atoms with E-state index in [9.17, 15) is 0 Å². The molecule has 1 aliphatic rings. The van der Waals surface area contributed by atoms with Crippen LogP contribution in [0, 0.1) is 6.92 Å². The number of anilines is 2. The number of hydrogen-bond acceptors (Lipinski definition) is 3. The lowest BCUT2D eigenvalue weighted by Gasteiger charge is -2.39. The van der Waals surface area contributed by atoms with Gasteiger partial charge in [-0.3, -0.25) is 4.98 Å². The molecule has 26 heavy (non-hydrogen) atoms. The van der Waals surface area contributed by atoms with E-state index in [1.165, 1.54) is 48.9 Å². The monoisotopic (exact) mass is 345 g/mol. The average Bonchev–Trinajstić information content (AvgIpc) is 2.67. The molecule has 1 saturated carbocycles. The number of fused-ring (bicyclic) bond motifs is 1. The van der Waals surface area contributed by atoms with Gasteiger partial charge in [-0.1, -0.05) is 55.7 Å². The van der Waals surface area contributed by atoms with Crippen LogP contribution in [-0.4, -0.2) is 17.1 Å². The lowest BCUT2D eigenvalue weighted by atomic mass is 9.81. The van der Waals surface area contributed by atoms with Crippen LogP contribution in [0.15, 0.2) is 60.7 Å². The molecule has 134 valence electrons. The molecule has 1 fully saturated rings. The topological polar surface area (TPSA) is 37.0 Å². The second kappa shape index (κ2) is 7.36. The van der Waals surface area contributed by atoms with E-state index in [-0.39, 0.29) is 5.54 Å². The fourth-order valence-corrected chi connectivity index (χ4v) is 4.12. The molecule has 3 nitrogen and oxygen atoms in total. The first kappa shape index (κ1) is 16.9. The number of rotatable bonds is 5. The minimum atomic E-state index is 0.109. The van der Waals surface area contributed by atoms with Crippen LogP contribution >= 0.6 is 0 Å². The van der Waals surface area contributed by atoms with Gasteiger partial charge in [0.25, 0.3) is 0 Å². The van der Waals surface area contributed by atoms with Gasteiger partial charge in [0.1, 0.15) is 0 Å². The van der Waals surface area contributed by atoms with Crippen molar-refractivity contribution in [2.24, 2.45) is 0 Å². The molecular formula is C23H27N3. The molecule has 3 heteroatoms. The summed E-state index contributed by atoms with van der Waals surface area (Å²) in [5, 5.41) is 8.80. The number of para-hydroxylation sites is 2. The minimum absolute atomic E-state index is 0.109. The molecule has 0 bridgehead atoms. The smallest absolute Gasteiger partial charge is 0.0725 e. The maximum absolute atomic E-state index is 4.66. The highest BCUT2D eigenvalue weighted by Crippen LogP contribution is 2.33. The molecule has 0 amide bonds. The second-order valence-corrected chi connectivity index (χ2v) is 7.51. The number of hydrogen-bond donors (Lipinski definition) is 2. The maximum atomic E-state index is 4.66. The van der Waals surface area contributed by atoms with Crippen molar-refractivity contribution in [2.45, 2.75) is 44.6 Å². The predicted molar refractivity (Wildman–Crippen MR) is 111 cm³/mol. The Kier molecular flexibility index (Phi) is 4.79. The van der Waals surface area contributed by atoms with Crippen LogP contribution in [0.1, 0.15) is 37.8 Å². The van der Waals surface area contributed by atoms with Crippen LogP contribution in [0.2, 0.25) is 0 Å². The Morgan fingerprint density at radius 1 is 0.923 bits per heavy atom. The van der Waals surface area contributed by atoms with Gasteiger partial charge in [-0.15, -0.1) is 0 Å². The van der Waals surface area contributed by atoms with E-state index in [4.69, 9.17) is 0 Å². The molecule has 0 radical (unpaired) electrons. The molecule has 0 atom stereocenters. The van der Waals surface area contributed by atoms with Crippen molar-refractivity contribution < 1.29 is 0 Å². The van der Waals surface area contributed by atoms with E-state index in [1.54, 1.807) is 0 Å². The summed E-state index contributed by atoms with van der Waals surface area (Å²) in [7, 11) is 0. The van der Waals surface area contributed by atoms with E-state index in [0.29, 0.717) is 0 Å². The summed E-state index contributed by atoms with van der Waals surface area (Å²) >= 11 is 0. The summed E-state index contributed by atoms with van der Waals surface area (Å²) in [4.78, 5) is 4.66. The first-order chi connectivity index (χ1) is 12.7. The van der Waals surface area contributed by atoms with Crippen molar-refractivity contribution >= 4 is 22.3 Å². The highest BCUT2D eigenvalue weighted by atomic mass is 15.0. The number of aryl methyl sites for hydroxylation is 1. The van der Waals surface area contributed by atoms with Gasteiger partial charge in [0, 0.05) is 29.0 Å². The van der Waals surface area contributed by atoms with Gasteiger partial charge in [0.2, 0.25) is 0 Å². The Labute approximate surface area is 155 Å². The molecule has 3 aromatic rings. The first-order valence-electron chi connectivity index (χ1n) is 9.68. The molecular weight excluding hydrogens is 318 g/mol. The number of nitrogens with one attached hydrogen (secondary N) is 2. The Morgan fingerprint density at radius 3 is 2.46 bits per heavy atom. The minimum Gasteiger partial charge on any atom is -0.382 e. The van der Waals surface area contributed by atoms with Crippen LogP contribution in [0.3, 0.4) is 0 Å². The van der Waals surface area contributed by atoms with Crippen molar-refractivity contribution in [3.63, 3.8) is 0 Å². The van der Waals surface area contributed by atoms with E-state index in [0.717, 1.165) is 17.8 Å². The fraction of sp³-hybridized carbons (Fsp3) is 0.348. The summed E-state index contributed by atoms with van der Waals surface area (Å²) in [6.45, 7) is 2.99. The number of benzene rings is 2. The quantitative estimate of drug-likeness (QED) is 0.616. The van der Waals surface area contributed by atoms with Gasteiger partial charge in [0.15, 0.2) is 0 Å². The molecule has 1 heterocycles. The molecule has 0 saturated heterocycles. The van der Waals surface area contributed by atoms with Crippen molar-refractivity contribution in [3.05, 3.63) is 66.4 Å². The predicted octanol–water partition coefficient (Wildman–Crippen LogP) is 5.77. The number of pyridine rings is 1. The van der Waals surface area contributed by atoms with Gasteiger partial charge in [-0.25, -0.2) is 0 Å². The van der Waals surface area contributed by atoms with Crippen LogP contribution in [0.4, 0.5) is 11.4 Å². The molecule has 4 rings (SSSR count). The third-order valence-electron chi connectivity index (χ3n) is 5.46. The highest BCUT2D eigenvalue weighted by Gasteiger charge is 2.31. The highest BCUT2D eigenvalue weighted by molar-refractivity contribution is 5.91. The van der Waals surface area contributed by atoms with Gasteiger partial charge >= 0.3 is 0 Å². The van der Waals surface area contributed by atoms with Crippen LogP contribution in [0.5, 0.6) is 0 Å². The zero-order valence-electron chi connectivity index (χ0n) is 15.5. The van der Waals surface area contributed by atoms with Gasteiger partial charge < -0.3 is 10.6 Å². The molecule has 1 aliphatic carbocycles. The third-order valence-corrected chi connectivity index (χ3v) is 5.46. The Morgan fingerprint density at radius 2 is 1.65 bits per heavy atom. The summed E-state index contributed by atoms with van der Waals surface area (Å²) in [6, 6.07) is 21.2.